The Morgan fingerprint density at radius 1 is 0.926 bits per heavy atom. The van der Waals surface area contributed by atoms with Gasteiger partial charge in [0.15, 0.2) is 0 Å². The Bertz CT molecular complexity index is 911. The van der Waals surface area contributed by atoms with Gasteiger partial charge >= 0.3 is 6.18 Å². The number of hydrogen-bond donors (Lipinski definition) is 0. The number of aryl methyl sites for hydroxylation is 3. The predicted molar refractivity (Wildman–Crippen MR) is 86.4 cm³/mol. The molecule has 0 atom stereocenters. The van der Waals surface area contributed by atoms with Gasteiger partial charge in [-0.05, 0) is 42.3 Å². The Morgan fingerprint density at radius 3 is 2.15 bits per heavy atom. The van der Waals surface area contributed by atoms with Crippen molar-refractivity contribution in [3.05, 3.63) is 41.0 Å². The highest BCUT2D eigenvalue weighted by atomic mass is 19.4. The molecular formula is C17H16F3N3O4. The van der Waals surface area contributed by atoms with E-state index in [2.05, 4.69) is 19.8 Å². The lowest BCUT2D eigenvalue weighted by molar-refractivity contribution is -0.155. The van der Waals surface area contributed by atoms with Gasteiger partial charge in [-0.2, -0.15) is 18.2 Å². The van der Waals surface area contributed by atoms with Crippen LogP contribution in [0.15, 0.2) is 27.2 Å². The first-order chi connectivity index (χ1) is 12.7. The monoisotopic (exact) mass is 383 g/mol. The van der Waals surface area contributed by atoms with Gasteiger partial charge in [0.2, 0.25) is 17.5 Å². The van der Waals surface area contributed by atoms with Crippen LogP contribution in [0.25, 0.3) is 11.4 Å². The molecule has 3 rings (SSSR count). The third kappa shape index (κ3) is 4.39. The van der Waals surface area contributed by atoms with Crippen molar-refractivity contribution in [2.24, 2.45) is 0 Å². The maximum Gasteiger partial charge on any atom is 0.452 e. The lowest BCUT2D eigenvalue weighted by atomic mass is 10.1. The SMILES string of the molecule is Cc1nc(-c2cc(C)c(OCCOc3cc(C(F)(F)F)on3)c(C)c2)no1. The zero-order valence-corrected chi connectivity index (χ0v) is 14.8. The molecule has 0 radical (unpaired) electrons. The van der Waals surface area contributed by atoms with Crippen molar-refractivity contribution in [2.75, 3.05) is 13.2 Å². The summed E-state index contributed by atoms with van der Waals surface area (Å²) in [5, 5.41) is 7.10. The number of ether oxygens (including phenoxy) is 2. The lowest BCUT2D eigenvalue weighted by Gasteiger charge is -2.13. The summed E-state index contributed by atoms with van der Waals surface area (Å²) in [6.45, 7) is 5.57. The quantitative estimate of drug-likeness (QED) is 0.592. The molecule has 10 heteroatoms. The number of alkyl halides is 3. The van der Waals surface area contributed by atoms with E-state index in [1.165, 1.54) is 0 Å². The number of rotatable bonds is 6. The van der Waals surface area contributed by atoms with Gasteiger partial charge in [-0.15, -0.1) is 0 Å². The predicted octanol–water partition coefficient (Wildman–Crippen LogP) is 4.13. The third-order valence-electron chi connectivity index (χ3n) is 3.59. The van der Waals surface area contributed by atoms with Gasteiger partial charge in [0.25, 0.3) is 5.88 Å². The summed E-state index contributed by atoms with van der Waals surface area (Å²) in [6.07, 6.45) is -4.60. The van der Waals surface area contributed by atoms with E-state index in [0.717, 1.165) is 16.7 Å². The summed E-state index contributed by atoms with van der Waals surface area (Å²) in [6, 6.07) is 4.42. The topological polar surface area (TPSA) is 83.4 Å². The first-order valence-corrected chi connectivity index (χ1v) is 7.95. The average Bonchev–Trinajstić information content (AvgIpc) is 3.22. The normalized spacial score (nSPS) is 11.6. The minimum absolute atomic E-state index is 0.00843. The number of halogens is 3. The van der Waals surface area contributed by atoms with Crippen LogP contribution in [0.4, 0.5) is 13.2 Å². The summed E-state index contributed by atoms with van der Waals surface area (Å²) < 4.78 is 57.2. The van der Waals surface area contributed by atoms with Crippen LogP contribution in [0.2, 0.25) is 0 Å². The van der Waals surface area contributed by atoms with Gasteiger partial charge in [-0.3, -0.25) is 0 Å². The van der Waals surface area contributed by atoms with Crippen LogP contribution in [0.3, 0.4) is 0 Å². The summed E-state index contributed by atoms with van der Waals surface area (Å²) in [5.41, 5.74) is 2.51. The molecule has 2 aromatic heterocycles. The summed E-state index contributed by atoms with van der Waals surface area (Å²) in [7, 11) is 0. The summed E-state index contributed by atoms with van der Waals surface area (Å²) in [4.78, 5) is 4.19. The molecule has 0 aliphatic carbocycles. The van der Waals surface area contributed by atoms with E-state index in [4.69, 9.17) is 14.0 Å². The zero-order valence-electron chi connectivity index (χ0n) is 14.8. The summed E-state index contributed by atoms with van der Waals surface area (Å²) in [5.74, 6) is 0.151. The molecule has 0 spiro atoms. The lowest BCUT2D eigenvalue weighted by Crippen LogP contribution is -2.10. The zero-order chi connectivity index (χ0) is 19.6. The standard InChI is InChI=1S/C17H16F3N3O4/c1-9-6-12(16-21-11(3)26-23-16)7-10(2)15(9)25-5-4-24-14-8-13(27-22-14)17(18,19)20/h6-8H,4-5H2,1-3H3. The molecule has 0 saturated heterocycles. The Labute approximate surface area is 152 Å². The summed E-state index contributed by atoms with van der Waals surface area (Å²) >= 11 is 0. The van der Waals surface area contributed by atoms with Crippen molar-refractivity contribution in [1.29, 1.82) is 0 Å². The van der Waals surface area contributed by atoms with Gasteiger partial charge < -0.3 is 18.5 Å². The highest BCUT2D eigenvalue weighted by Crippen LogP contribution is 2.31. The maximum absolute atomic E-state index is 12.4. The van der Waals surface area contributed by atoms with Crippen LogP contribution < -0.4 is 9.47 Å². The Kier molecular flexibility index (Phi) is 5.06. The van der Waals surface area contributed by atoms with Gasteiger partial charge in [-0.25, -0.2) is 0 Å². The number of aromatic nitrogens is 3. The minimum atomic E-state index is -4.60. The smallest absolute Gasteiger partial charge is 0.452 e. The fourth-order valence-corrected chi connectivity index (χ4v) is 2.47. The second kappa shape index (κ2) is 7.29. The number of benzene rings is 1. The molecule has 0 aliphatic heterocycles. The first-order valence-electron chi connectivity index (χ1n) is 7.95. The van der Waals surface area contributed by atoms with E-state index in [1.54, 1.807) is 6.92 Å². The molecule has 0 N–H and O–H groups in total. The van der Waals surface area contributed by atoms with Crippen LogP contribution in [-0.2, 0) is 6.18 Å². The molecule has 0 unspecified atom stereocenters. The Hall–Kier alpha value is -3.04. The van der Waals surface area contributed by atoms with Gasteiger partial charge in [0.1, 0.15) is 19.0 Å². The highest BCUT2D eigenvalue weighted by Gasteiger charge is 2.36. The van der Waals surface area contributed by atoms with Crippen LogP contribution in [-0.4, -0.2) is 28.5 Å². The third-order valence-corrected chi connectivity index (χ3v) is 3.59. The number of hydrogen-bond acceptors (Lipinski definition) is 7. The van der Waals surface area contributed by atoms with Crippen molar-refractivity contribution in [3.8, 4) is 23.0 Å². The molecule has 1 aromatic carbocycles. The fourth-order valence-electron chi connectivity index (χ4n) is 2.47. The van der Waals surface area contributed by atoms with E-state index < -0.39 is 11.9 Å². The molecule has 2 heterocycles. The first kappa shape index (κ1) is 18.7. The highest BCUT2D eigenvalue weighted by molar-refractivity contribution is 5.60. The van der Waals surface area contributed by atoms with Crippen molar-refractivity contribution in [1.82, 2.24) is 15.3 Å². The van der Waals surface area contributed by atoms with Crippen molar-refractivity contribution in [2.45, 2.75) is 26.9 Å². The minimum Gasteiger partial charge on any atom is -0.489 e. The molecule has 0 amide bonds. The molecule has 0 aliphatic rings. The van der Waals surface area contributed by atoms with Crippen molar-refractivity contribution in [3.63, 3.8) is 0 Å². The van der Waals surface area contributed by atoms with Gasteiger partial charge in [0.05, 0.1) is 6.07 Å². The fraction of sp³-hybridized carbons (Fsp3) is 0.353. The molecule has 0 fully saturated rings. The average molecular weight is 383 g/mol. The van der Waals surface area contributed by atoms with Crippen LogP contribution in [0, 0.1) is 20.8 Å². The van der Waals surface area contributed by atoms with E-state index >= 15 is 0 Å². The molecule has 144 valence electrons. The second-order valence-corrected chi connectivity index (χ2v) is 5.80. The molecule has 7 nitrogen and oxygen atoms in total. The van der Waals surface area contributed by atoms with Crippen LogP contribution in [0.1, 0.15) is 22.8 Å². The molecule has 0 bridgehead atoms. The Balaban J connectivity index is 1.59. The Morgan fingerprint density at radius 2 is 1.59 bits per heavy atom. The second-order valence-electron chi connectivity index (χ2n) is 5.80. The van der Waals surface area contributed by atoms with Crippen LogP contribution in [0.5, 0.6) is 11.6 Å². The van der Waals surface area contributed by atoms with Crippen LogP contribution >= 0.6 is 0 Å². The molecule has 0 saturated carbocycles. The molecular weight excluding hydrogens is 367 g/mol. The molecule has 3 aromatic rings. The maximum atomic E-state index is 12.4. The van der Waals surface area contributed by atoms with Gasteiger partial charge in [-0.1, -0.05) is 5.16 Å². The van der Waals surface area contributed by atoms with Crippen molar-refractivity contribution >= 4 is 0 Å². The van der Waals surface area contributed by atoms with E-state index in [0.29, 0.717) is 23.5 Å². The molecule has 27 heavy (non-hydrogen) atoms. The number of nitrogens with zero attached hydrogens (tertiary/aromatic N) is 3. The van der Waals surface area contributed by atoms with E-state index in [-0.39, 0.29) is 19.1 Å². The van der Waals surface area contributed by atoms with Crippen molar-refractivity contribution < 1.29 is 31.7 Å². The largest absolute Gasteiger partial charge is 0.489 e. The van der Waals surface area contributed by atoms with E-state index in [1.807, 2.05) is 26.0 Å². The van der Waals surface area contributed by atoms with Gasteiger partial charge in [0, 0.05) is 12.5 Å². The van der Waals surface area contributed by atoms with E-state index in [9.17, 15) is 13.2 Å².